The second kappa shape index (κ2) is 6.11. The maximum Gasteiger partial charge on any atom is 0.120 e. The van der Waals surface area contributed by atoms with Crippen LogP contribution in [0.1, 0.15) is 26.2 Å². The van der Waals surface area contributed by atoms with E-state index in [-0.39, 0.29) is 19.3 Å². The van der Waals surface area contributed by atoms with Gasteiger partial charge in [0.05, 0.1) is 18.3 Å². The summed E-state index contributed by atoms with van der Waals surface area (Å²) in [4.78, 5) is 9.91. The molecule has 0 aliphatic heterocycles. The molecule has 3 N–H and O–H groups in total. The Morgan fingerprint density at radius 3 is 2.25 bits per heavy atom. The zero-order valence-electron chi connectivity index (χ0n) is 7.18. The molecule has 0 aromatic rings. The smallest absolute Gasteiger partial charge is 0.120 e. The van der Waals surface area contributed by atoms with Gasteiger partial charge < -0.3 is 20.1 Å². The van der Waals surface area contributed by atoms with E-state index in [9.17, 15) is 15.0 Å². The lowest BCUT2D eigenvalue weighted by Crippen LogP contribution is -2.29. The molecule has 3 atom stereocenters. The molecule has 0 aliphatic rings. The highest BCUT2D eigenvalue weighted by Crippen LogP contribution is 2.07. The minimum Gasteiger partial charge on any atom is -0.393 e. The molecule has 0 radical (unpaired) electrons. The molecule has 12 heavy (non-hydrogen) atoms. The van der Waals surface area contributed by atoms with Crippen molar-refractivity contribution in [1.82, 2.24) is 0 Å². The van der Waals surface area contributed by atoms with Gasteiger partial charge in [0.15, 0.2) is 0 Å². The summed E-state index contributed by atoms with van der Waals surface area (Å²) in [6, 6.07) is 0. The number of carbonyl (C=O) groups excluding carboxylic acids is 1. The van der Waals surface area contributed by atoms with Crippen LogP contribution in [-0.4, -0.2) is 39.9 Å². The summed E-state index contributed by atoms with van der Waals surface area (Å²) in [5.41, 5.74) is 0. The fourth-order valence-corrected chi connectivity index (χ4v) is 0.938. The van der Waals surface area contributed by atoms with Crippen LogP contribution in [0.5, 0.6) is 0 Å². The first-order valence-corrected chi connectivity index (χ1v) is 4.05. The van der Waals surface area contributed by atoms with E-state index in [2.05, 4.69) is 0 Å². The molecule has 4 nitrogen and oxygen atoms in total. The van der Waals surface area contributed by atoms with Crippen LogP contribution in [0.4, 0.5) is 0 Å². The lowest BCUT2D eigenvalue weighted by molar-refractivity contribution is -0.108. The van der Waals surface area contributed by atoms with Gasteiger partial charge in [-0.15, -0.1) is 0 Å². The molecule has 0 aromatic heterocycles. The van der Waals surface area contributed by atoms with Gasteiger partial charge in [0.1, 0.15) is 6.29 Å². The lowest BCUT2D eigenvalue weighted by Gasteiger charge is -2.17. The number of hydrogen-bond acceptors (Lipinski definition) is 4. The van der Waals surface area contributed by atoms with E-state index >= 15 is 0 Å². The van der Waals surface area contributed by atoms with E-state index in [1.165, 1.54) is 6.92 Å². The monoisotopic (exact) mass is 176 g/mol. The standard InChI is InChI=1S/C8H16O4/c1-6(10)5-8(12)7(11)3-2-4-9/h4,6-8,10-12H,2-3,5H2,1H3. The van der Waals surface area contributed by atoms with Crippen molar-refractivity contribution >= 4 is 6.29 Å². The third kappa shape index (κ3) is 5.23. The average Bonchev–Trinajstić information content (AvgIpc) is 1.98. The lowest BCUT2D eigenvalue weighted by atomic mass is 10.0. The van der Waals surface area contributed by atoms with Gasteiger partial charge in [-0.05, 0) is 13.3 Å². The first-order chi connectivity index (χ1) is 5.57. The Morgan fingerprint density at radius 1 is 1.25 bits per heavy atom. The van der Waals surface area contributed by atoms with Crippen molar-refractivity contribution in [2.45, 2.75) is 44.5 Å². The summed E-state index contributed by atoms with van der Waals surface area (Å²) in [7, 11) is 0. The van der Waals surface area contributed by atoms with Crippen LogP contribution in [0, 0.1) is 0 Å². The van der Waals surface area contributed by atoms with Gasteiger partial charge in [0.2, 0.25) is 0 Å². The van der Waals surface area contributed by atoms with E-state index < -0.39 is 18.3 Å². The van der Waals surface area contributed by atoms with E-state index in [1.807, 2.05) is 0 Å². The highest BCUT2D eigenvalue weighted by molar-refractivity contribution is 5.49. The van der Waals surface area contributed by atoms with Crippen molar-refractivity contribution < 1.29 is 20.1 Å². The molecular formula is C8H16O4. The van der Waals surface area contributed by atoms with E-state index in [0.29, 0.717) is 6.29 Å². The molecule has 0 heterocycles. The van der Waals surface area contributed by atoms with Crippen LogP contribution in [0.2, 0.25) is 0 Å². The number of hydrogen-bond donors (Lipinski definition) is 3. The predicted molar refractivity (Wildman–Crippen MR) is 43.6 cm³/mol. The summed E-state index contributed by atoms with van der Waals surface area (Å²) in [5, 5.41) is 27.2. The van der Waals surface area contributed by atoms with Gasteiger partial charge >= 0.3 is 0 Å². The van der Waals surface area contributed by atoms with Crippen LogP contribution < -0.4 is 0 Å². The number of aliphatic hydroxyl groups is 3. The molecule has 0 rings (SSSR count). The molecule has 0 aromatic carbocycles. The largest absolute Gasteiger partial charge is 0.393 e. The Bertz CT molecular complexity index is 124. The average molecular weight is 176 g/mol. The first-order valence-electron chi connectivity index (χ1n) is 4.05. The molecule has 0 saturated carbocycles. The summed E-state index contributed by atoms with van der Waals surface area (Å²) >= 11 is 0. The van der Waals surface area contributed by atoms with Crippen LogP contribution in [0.25, 0.3) is 0 Å². The number of rotatable bonds is 6. The molecule has 4 heteroatoms. The normalized spacial score (nSPS) is 18.3. The number of aldehydes is 1. The third-order valence-electron chi connectivity index (χ3n) is 1.61. The van der Waals surface area contributed by atoms with Gasteiger partial charge in [0.25, 0.3) is 0 Å². The van der Waals surface area contributed by atoms with Gasteiger partial charge in [-0.25, -0.2) is 0 Å². The molecular weight excluding hydrogens is 160 g/mol. The molecule has 3 unspecified atom stereocenters. The second-order valence-electron chi connectivity index (χ2n) is 2.96. The van der Waals surface area contributed by atoms with Gasteiger partial charge in [-0.2, -0.15) is 0 Å². The van der Waals surface area contributed by atoms with Crippen LogP contribution >= 0.6 is 0 Å². The molecule has 0 spiro atoms. The molecule has 72 valence electrons. The van der Waals surface area contributed by atoms with Crippen LogP contribution in [0.15, 0.2) is 0 Å². The topological polar surface area (TPSA) is 77.8 Å². The summed E-state index contributed by atoms with van der Waals surface area (Å²) in [6.07, 6.45) is -1.17. The maximum absolute atomic E-state index is 9.91. The molecule has 0 aliphatic carbocycles. The number of carbonyl (C=O) groups is 1. The van der Waals surface area contributed by atoms with Crippen molar-refractivity contribution in [3.63, 3.8) is 0 Å². The summed E-state index contributed by atoms with van der Waals surface area (Å²) in [5.74, 6) is 0. The van der Waals surface area contributed by atoms with Crippen LogP contribution in [-0.2, 0) is 4.79 Å². The van der Waals surface area contributed by atoms with E-state index in [4.69, 9.17) is 5.11 Å². The molecule has 0 bridgehead atoms. The molecule has 0 fully saturated rings. The Balaban J connectivity index is 3.60. The minimum absolute atomic E-state index is 0.139. The Hall–Kier alpha value is -0.450. The molecule has 0 amide bonds. The fraction of sp³-hybridized carbons (Fsp3) is 0.875. The van der Waals surface area contributed by atoms with Gasteiger partial charge in [-0.3, -0.25) is 0 Å². The first kappa shape index (κ1) is 11.6. The quantitative estimate of drug-likeness (QED) is 0.475. The van der Waals surface area contributed by atoms with Crippen molar-refractivity contribution in [2.75, 3.05) is 0 Å². The summed E-state index contributed by atoms with van der Waals surface area (Å²) in [6.45, 7) is 1.54. The Labute approximate surface area is 71.8 Å². The van der Waals surface area contributed by atoms with Crippen molar-refractivity contribution in [1.29, 1.82) is 0 Å². The zero-order chi connectivity index (χ0) is 9.56. The fourth-order valence-electron chi connectivity index (χ4n) is 0.938. The van der Waals surface area contributed by atoms with Crippen molar-refractivity contribution in [2.24, 2.45) is 0 Å². The van der Waals surface area contributed by atoms with Crippen molar-refractivity contribution in [3.8, 4) is 0 Å². The Kier molecular flexibility index (Phi) is 5.88. The summed E-state index contributed by atoms with van der Waals surface area (Å²) < 4.78 is 0. The van der Waals surface area contributed by atoms with Gasteiger partial charge in [-0.1, -0.05) is 0 Å². The highest BCUT2D eigenvalue weighted by Gasteiger charge is 2.17. The predicted octanol–water partition coefficient (Wildman–Crippen LogP) is -0.542. The third-order valence-corrected chi connectivity index (χ3v) is 1.61. The van der Waals surface area contributed by atoms with Gasteiger partial charge in [0, 0.05) is 12.8 Å². The molecule has 0 saturated heterocycles. The van der Waals surface area contributed by atoms with Crippen LogP contribution in [0.3, 0.4) is 0 Å². The van der Waals surface area contributed by atoms with Crippen molar-refractivity contribution in [3.05, 3.63) is 0 Å². The number of aliphatic hydroxyl groups excluding tert-OH is 3. The second-order valence-corrected chi connectivity index (χ2v) is 2.96. The maximum atomic E-state index is 9.91. The highest BCUT2D eigenvalue weighted by atomic mass is 16.3. The SMILES string of the molecule is CC(O)CC(O)C(O)CCC=O. The van der Waals surface area contributed by atoms with E-state index in [0.717, 1.165) is 0 Å². The zero-order valence-corrected chi connectivity index (χ0v) is 7.18. The Morgan fingerprint density at radius 2 is 1.83 bits per heavy atom. The minimum atomic E-state index is -0.940. The van der Waals surface area contributed by atoms with E-state index in [1.54, 1.807) is 0 Å².